The third-order valence-electron chi connectivity index (χ3n) is 4.60. The van der Waals surface area contributed by atoms with Crippen LogP contribution in [0.15, 0.2) is 0 Å². The van der Waals surface area contributed by atoms with Gasteiger partial charge in [0.1, 0.15) is 11.7 Å². The van der Waals surface area contributed by atoms with Gasteiger partial charge in [-0.1, -0.05) is 0 Å². The van der Waals surface area contributed by atoms with Crippen molar-refractivity contribution in [3.63, 3.8) is 0 Å². The Kier molecular flexibility index (Phi) is 3.52. The smallest absolute Gasteiger partial charge is 0.120 e. The summed E-state index contributed by atoms with van der Waals surface area (Å²) in [6.45, 7) is 2.43. The topological polar surface area (TPSA) is 71.7 Å². The van der Waals surface area contributed by atoms with E-state index < -0.39 is 0 Å². The maximum Gasteiger partial charge on any atom is 0.120 e. The lowest BCUT2D eigenvalue weighted by Crippen LogP contribution is -2.54. The van der Waals surface area contributed by atoms with E-state index in [1.165, 1.54) is 0 Å². The molecule has 6 atom stereocenters. The molecule has 0 aromatic heterocycles. The maximum absolute atomic E-state index is 9.26. The van der Waals surface area contributed by atoms with Gasteiger partial charge in [-0.05, 0) is 26.2 Å². The Labute approximate surface area is 113 Å². The SMILES string of the molecule is C[C@@H](C#N)CC1CC[C@@H]2O[C@@H]3C[C@]2(COC3CO)O1. The number of nitriles is 1. The van der Waals surface area contributed by atoms with Gasteiger partial charge in [-0.25, -0.2) is 0 Å². The van der Waals surface area contributed by atoms with E-state index in [0.29, 0.717) is 6.61 Å². The zero-order valence-corrected chi connectivity index (χ0v) is 11.2. The molecular weight excluding hydrogens is 246 g/mol. The molecule has 2 unspecified atom stereocenters. The van der Waals surface area contributed by atoms with Gasteiger partial charge in [0.2, 0.25) is 0 Å². The van der Waals surface area contributed by atoms with Crippen molar-refractivity contribution in [1.82, 2.24) is 0 Å². The third kappa shape index (κ3) is 2.27. The Bertz CT molecular complexity index is 382. The minimum absolute atomic E-state index is 0.00234. The molecule has 3 aliphatic rings. The van der Waals surface area contributed by atoms with Gasteiger partial charge in [-0.2, -0.15) is 5.26 Å². The second-order valence-corrected chi connectivity index (χ2v) is 6.05. The van der Waals surface area contributed by atoms with E-state index in [4.69, 9.17) is 19.5 Å². The molecule has 1 spiro atoms. The molecule has 3 fully saturated rings. The van der Waals surface area contributed by atoms with Crippen LogP contribution < -0.4 is 0 Å². The molecule has 3 rings (SSSR count). The van der Waals surface area contributed by atoms with Crippen molar-refractivity contribution in [2.45, 2.75) is 62.6 Å². The van der Waals surface area contributed by atoms with Crippen LogP contribution in [-0.2, 0) is 14.2 Å². The molecule has 5 nitrogen and oxygen atoms in total. The summed E-state index contributed by atoms with van der Waals surface area (Å²) in [5.74, 6) is 0.0192. The van der Waals surface area contributed by atoms with Crippen molar-refractivity contribution in [3.05, 3.63) is 0 Å². The molecule has 2 bridgehead atoms. The summed E-state index contributed by atoms with van der Waals surface area (Å²) in [6.07, 6.45) is 3.44. The standard InChI is InChI=1S/C14H21NO4/c1-9(6-15)4-10-2-3-13-14(19-10)5-11(18-13)12(7-16)17-8-14/h9-13,16H,2-5,7-8H2,1H3/t9-,10?,11-,12?,13+,14-/m1/s1. The van der Waals surface area contributed by atoms with E-state index in [9.17, 15) is 5.11 Å². The first kappa shape index (κ1) is 13.3. The summed E-state index contributed by atoms with van der Waals surface area (Å²) in [7, 11) is 0. The van der Waals surface area contributed by atoms with Crippen LogP contribution in [0.25, 0.3) is 0 Å². The Balaban J connectivity index is 1.68. The number of rotatable bonds is 3. The van der Waals surface area contributed by atoms with Gasteiger partial charge in [0.15, 0.2) is 0 Å². The highest BCUT2D eigenvalue weighted by molar-refractivity contribution is 5.06. The van der Waals surface area contributed by atoms with Crippen LogP contribution >= 0.6 is 0 Å². The van der Waals surface area contributed by atoms with Gasteiger partial charge in [0, 0.05) is 12.3 Å². The van der Waals surface area contributed by atoms with Crippen LogP contribution in [0.5, 0.6) is 0 Å². The molecule has 3 heterocycles. The average molecular weight is 267 g/mol. The number of ether oxygens (including phenoxy) is 3. The number of hydrogen-bond donors (Lipinski definition) is 1. The molecule has 0 amide bonds. The lowest BCUT2D eigenvalue weighted by molar-refractivity contribution is -0.195. The zero-order valence-electron chi connectivity index (χ0n) is 11.2. The van der Waals surface area contributed by atoms with Crippen LogP contribution in [0.2, 0.25) is 0 Å². The molecule has 106 valence electrons. The van der Waals surface area contributed by atoms with Gasteiger partial charge in [-0.15, -0.1) is 0 Å². The highest BCUT2D eigenvalue weighted by Crippen LogP contribution is 2.46. The molecule has 19 heavy (non-hydrogen) atoms. The lowest BCUT2D eigenvalue weighted by Gasteiger charge is -2.43. The predicted molar refractivity (Wildman–Crippen MR) is 66.3 cm³/mol. The number of aliphatic hydroxyl groups is 1. The fourth-order valence-corrected chi connectivity index (χ4v) is 3.58. The Morgan fingerprint density at radius 1 is 1.47 bits per heavy atom. The molecule has 0 aromatic carbocycles. The normalized spacial score (nSPS) is 46.4. The first-order valence-corrected chi connectivity index (χ1v) is 7.12. The second kappa shape index (κ2) is 5.02. The largest absolute Gasteiger partial charge is 0.394 e. The fraction of sp³-hybridized carbons (Fsp3) is 0.929. The van der Waals surface area contributed by atoms with Crippen LogP contribution in [0.4, 0.5) is 0 Å². The summed E-state index contributed by atoms with van der Waals surface area (Å²) in [5, 5.41) is 18.2. The molecule has 3 aliphatic heterocycles. The molecular formula is C14H21NO4. The van der Waals surface area contributed by atoms with Gasteiger partial charge in [0.05, 0.1) is 37.6 Å². The quantitative estimate of drug-likeness (QED) is 0.826. The number of aliphatic hydroxyl groups excluding tert-OH is 1. The Morgan fingerprint density at radius 2 is 2.32 bits per heavy atom. The number of fused-ring (bicyclic) bond motifs is 1. The molecule has 0 radical (unpaired) electrons. The van der Waals surface area contributed by atoms with Gasteiger partial charge in [0.25, 0.3) is 0 Å². The average Bonchev–Trinajstić information content (AvgIpc) is 2.71. The molecule has 1 N–H and O–H groups in total. The molecule has 5 heteroatoms. The second-order valence-electron chi connectivity index (χ2n) is 6.05. The van der Waals surface area contributed by atoms with Crippen molar-refractivity contribution in [2.75, 3.05) is 13.2 Å². The van der Waals surface area contributed by atoms with Gasteiger partial charge >= 0.3 is 0 Å². The Hall–Kier alpha value is -0.670. The summed E-state index contributed by atoms with van der Waals surface area (Å²) >= 11 is 0. The highest BCUT2D eigenvalue weighted by Gasteiger charge is 2.58. The highest BCUT2D eigenvalue weighted by atomic mass is 16.6. The first-order chi connectivity index (χ1) is 9.16. The van der Waals surface area contributed by atoms with Crippen LogP contribution in [0.1, 0.15) is 32.6 Å². The lowest BCUT2D eigenvalue weighted by atomic mass is 9.84. The molecule has 0 saturated carbocycles. The van der Waals surface area contributed by atoms with Crippen molar-refractivity contribution in [1.29, 1.82) is 5.26 Å². The summed E-state index contributed by atoms with van der Waals surface area (Å²) in [4.78, 5) is 0. The molecule has 3 saturated heterocycles. The summed E-state index contributed by atoms with van der Waals surface area (Å²) in [5.41, 5.74) is -0.339. The third-order valence-corrected chi connectivity index (χ3v) is 4.60. The Morgan fingerprint density at radius 3 is 3.05 bits per heavy atom. The van der Waals surface area contributed by atoms with E-state index in [-0.39, 0.29) is 42.5 Å². The van der Waals surface area contributed by atoms with E-state index in [1.807, 2.05) is 6.92 Å². The minimum atomic E-state index is -0.339. The van der Waals surface area contributed by atoms with Crippen molar-refractivity contribution in [3.8, 4) is 6.07 Å². The van der Waals surface area contributed by atoms with Crippen molar-refractivity contribution < 1.29 is 19.3 Å². The minimum Gasteiger partial charge on any atom is -0.394 e. The van der Waals surface area contributed by atoms with Gasteiger partial charge < -0.3 is 19.3 Å². The van der Waals surface area contributed by atoms with E-state index in [2.05, 4.69) is 6.07 Å². The molecule has 0 aliphatic carbocycles. The fourth-order valence-electron chi connectivity index (χ4n) is 3.58. The van der Waals surface area contributed by atoms with Crippen molar-refractivity contribution >= 4 is 0 Å². The van der Waals surface area contributed by atoms with Gasteiger partial charge in [-0.3, -0.25) is 0 Å². The van der Waals surface area contributed by atoms with Crippen LogP contribution in [0.3, 0.4) is 0 Å². The number of nitrogens with zero attached hydrogens (tertiary/aromatic N) is 1. The first-order valence-electron chi connectivity index (χ1n) is 7.12. The zero-order chi connectivity index (χ0) is 13.5. The van der Waals surface area contributed by atoms with Crippen molar-refractivity contribution in [2.24, 2.45) is 5.92 Å². The summed E-state index contributed by atoms with van der Waals surface area (Å²) < 4.78 is 17.9. The molecule has 0 aromatic rings. The van der Waals surface area contributed by atoms with E-state index in [0.717, 1.165) is 25.7 Å². The van der Waals surface area contributed by atoms with E-state index >= 15 is 0 Å². The predicted octanol–water partition coefficient (Wildman–Crippen LogP) is 1.00. The van der Waals surface area contributed by atoms with E-state index in [1.54, 1.807) is 0 Å². The monoisotopic (exact) mass is 267 g/mol. The van der Waals surface area contributed by atoms with Crippen LogP contribution in [-0.4, -0.2) is 48.3 Å². The maximum atomic E-state index is 9.26. The summed E-state index contributed by atoms with van der Waals surface area (Å²) in [6, 6.07) is 2.27. The number of hydrogen-bond acceptors (Lipinski definition) is 5. The van der Waals surface area contributed by atoms with Crippen LogP contribution in [0, 0.1) is 17.2 Å².